The zero-order valence-electron chi connectivity index (χ0n) is 40.9. The van der Waals surface area contributed by atoms with Crippen LogP contribution in [0.3, 0.4) is 0 Å². The summed E-state index contributed by atoms with van der Waals surface area (Å²) in [5.74, 6) is -1.45. The Balaban J connectivity index is 4.19. The molecule has 0 saturated carbocycles. The Labute approximate surface area is 377 Å². The van der Waals surface area contributed by atoms with Crippen molar-refractivity contribution in [3.8, 4) is 0 Å². The number of carboxylic acids is 1. The average Bonchev–Trinajstić information content (AvgIpc) is 3.22. The molecule has 0 aliphatic carbocycles. The molecule has 1 N–H and O–H groups in total. The van der Waals surface area contributed by atoms with Gasteiger partial charge in [-0.3, -0.25) is 9.59 Å². The van der Waals surface area contributed by atoms with Crippen LogP contribution in [0.15, 0.2) is 24.3 Å². The van der Waals surface area contributed by atoms with E-state index >= 15 is 0 Å². The lowest BCUT2D eigenvalue weighted by Crippen LogP contribution is -2.50. The molecule has 0 aromatic rings. The van der Waals surface area contributed by atoms with Gasteiger partial charge in [0.1, 0.15) is 6.61 Å². The number of ether oxygens (including phenoxy) is 3. The number of hydrogen-bond donors (Lipinski definition) is 1. The number of likely N-dealkylation sites (N-methyl/N-ethyl adjacent to an activating group) is 1. The van der Waals surface area contributed by atoms with Crippen molar-refractivity contribution < 1.29 is 38.2 Å². The van der Waals surface area contributed by atoms with Gasteiger partial charge >= 0.3 is 17.9 Å². The molecule has 0 rings (SSSR count). The van der Waals surface area contributed by atoms with Gasteiger partial charge in [-0.1, -0.05) is 205 Å². The smallest absolute Gasteiger partial charge is 0.362 e. The normalized spacial score (nSPS) is 13.0. The number of carbonyl (C=O) groups excluding carboxylic acids is 2. The van der Waals surface area contributed by atoms with Gasteiger partial charge < -0.3 is 23.8 Å². The van der Waals surface area contributed by atoms with Gasteiger partial charge in [0, 0.05) is 19.3 Å². The molecule has 0 heterocycles. The molecule has 0 saturated heterocycles. The summed E-state index contributed by atoms with van der Waals surface area (Å²) in [6.45, 7) is 4.76. The second-order valence-corrected chi connectivity index (χ2v) is 18.8. The molecule has 0 spiro atoms. The van der Waals surface area contributed by atoms with Crippen molar-refractivity contribution in [3.05, 3.63) is 24.3 Å². The first-order valence-electron chi connectivity index (χ1n) is 25.9. The summed E-state index contributed by atoms with van der Waals surface area (Å²) in [5.41, 5.74) is 0. The van der Waals surface area contributed by atoms with Gasteiger partial charge in [0.15, 0.2) is 12.1 Å². The van der Waals surface area contributed by atoms with Crippen LogP contribution in [0.1, 0.15) is 245 Å². The molecule has 0 aromatic heterocycles. The molecule has 61 heavy (non-hydrogen) atoms. The summed E-state index contributed by atoms with van der Waals surface area (Å²) >= 11 is 0. The SMILES string of the molecule is CCCCCCC/C=C\C/C=C\CCCCCCCCCCCCCC(=O)OC(COCCC(C(=O)O)[N+](C)(C)C)COC(=O)CCCCCCCCCCCCCCCC. The quantitative estimate of drug-likeness (QED) is 0.0281. The van der Waals surface area contributed by atoms with Gasteiger partial charge in [-0.2, -0.15) is 0 Å². The molecule has 358 valence electrons. The lowest BCUT2D eigenvalue weighted by Gasteiger charge is -2.31. The van der Waals surface area contributed by atoms with Crippen molar-refractivity contribution in [2.45, 2.75) is 257 Å². The molecule has 0 aliphatic rings. The molecule has 2 atom stereocenters. The number of carbonyl (C=O) groups is 3. The number of hydrogen-bond acceptors (Lipinski definition) is 6. The van der Waals surface area contributed by atoms with Gasteiger partial charge in [0.2, 0.25) is 0 Å². The van der Waals surface area contributed by atoms with Crippen molar-refractivity contribution >= 4 is 17.9 Å². The third-order valence-corrected chi connectivity index (χ3v) is 11.9. The summed E-state index contributed by atoms with van der Waals surface area (Å²) in [6.07, 6.45) is 50.8. The number of nitrogens with zero attached hydrogens (tertiary/aromatic N) is 1. The van der Waals surface area contributed by atoms with E-state index in [-0.39, 0.29) is 36.2 Å². The van der Waals surface area contributed by atoms with Crippen molar-refractivity contribution in [3.63, 3.8) is 0 Å². The molecule has 8 heteroatoms. The Morgan fingerprint density at radius 1 is 0.492 bits per heavy atom. The molecule has 0 bridgehead atoms. The highest BCUT2D eigenvalue weighted by Crippen LogP contribution is 2.16. The monoisotopic (exact) mass is 863 g/mol. The summed E-state index contributed by atoms with van der Waals surface area (Å²) in [4.78, 5) is 37.1. The highest BCUT2D eigenvalue weighted by atomic mass is 16.6. The largest absolute Gasteiger partial charge is 0.477 e. The summed E-state index contributed by atoms with van der Waals surface area (Å²) in [5, 5.41) is 9.65. The summed E-state index contributed by atoms with van der Waals surface area (Å²) < 4.78 is 17.4. The van der Waals surface area contributed by atoms with E-state index in [2.05, 4.69) is 38.2 Å². The maximum absolute atomic E-state index is 12.8. The maximum Gasteiger partial charge on any atom is 0.362 e. The zero-order valence-corrected chi connectivity index (χ0v) is 40.9. The lowest BCUT2D eigenvalue weighted by atomic mass is 10.0. The van der Waals surface area contributed by atoms with Crippen molar-refractivity contribution in [1.82, 2.24) is 0 Å². The maximum atomic E-state index is 12.8. The minimum Gasteiger partial charge on any atom is -0.477 e. The van der Waals surface area contributed by atoms with E-state index in [1.165, 1.54) is 167 Å². The van der Waals surface area contributed by atoms with Crippen LogP contribution < -0.4 is 0 Å². The van der Waals surface area contributed by atoms with E-state index in [9.17, 15) is 19.5 Å². The Morgan fingerprint density at radius 2 is 0.869 bits per heavy atom. The molecular formula is C53H100NO7+. The molecular weight excluding hydrogens is 763 g/mol. The molecule has 0 aromatic carbocycles. The standard InChI is InChI=1S/C53H99NO7/c1-6-8-10-12-14-16-18-20-22-23-24-25-26-27-28-29-30-32-34-36-38-40-42-44-52(56)61-49(47-59-46-45-50(53(57)58)54(3,4)5)48-60-51(55)43-41-39-37-35-33-31-21-19-17-15-13-11-9-7-2/h18,20,23-24,49-50H,6-17,19,21-22,25-48H2,1-5H3/p+1/b20-18-,24-23-. The first-order chi connectivity index (χ1) is 29.6. The van der Waals surface area contributed by atoms with E-state index in [0.29, 0.717) is 19.3 Å². The first-order valence-corrected chi connectivity index (χ1v) is 25.9. The minimum absolute atomic E-state index is 0.0465. The van der Waals surface area contributed by atoms with Crippen LogP contribution in [-0.4, -0.2) is 80.6 Å². The predicted molar refractivity (Wildman–Crippen MR) is 257 cm³/mol. The van der Waals surface area contributed by atoms with Crippen molar-refractivity contribution in [2.75, 3.05) is 41.0 Å². The van der Waals surface area contributed by atoms with Gasteiger partial charge in [-0.15, -0.1) is 0 Å². The average molecular weight is 863 g/mol. The number of carboxylic acid groups (broad SMARTS) is 1. The second-order valence-electron chi connectivity index (χ2n) is 18.8. The van der Waals surface area contributed by atoms with Crippen LogP contribution in [0.4, 0.5) is 0 Å². The molecule has 0 amide bonds. The van der Waals surface area contributed by atoms with Gasteiger partial charge in [-0.25, -0.2) is 4.79 Å². The Kier molecular flexibility index (Phi) is 42.8. The fourth-order valence-corrected chi connectivity index (χ4v) is 7.83. The van der Waals surface area contributed by atoms with Crippen molar-refractivity contribution in [2.24, 2.45) is 0 Å². The Bertz CT molecular complexity index is 1050. The number of quaternary nitrogens is 1. The highest BCUT2D eigenvalue weighted by molar-refractivity contribution is 5.72. The first kappa shape index (κ1) is 58.8. The van der Waals surface area contributed by atoms with E-state index in [1.54, 1.807) is 0 Å². The van der Waals surface area contributed by atoms with E-state index in [4.69, 9.17) is 14.2 Å². The molecule has 0 radical (unpaired) electrons. The van der Waals surface area contributed by atoms with Gasteiger partial charge in [-0.05, 0) is 44.9 Å². The van der Waals surface area contributed by atoms with Crippen LogP contribution in [0, 0.1) is 0 Å². The van der Waals surface area contributed by atoms with E-state index in [1.807, 2.05) is 21.1 Å². The fourth-order valence-electron chi connectivity index (χ4n) is 7.83. The van der Waals surface area contributed by atoms with Crippen LogP contribution in [0.5, 0.6) is 0 Å². The summed E-state index contributed by atoms with van der Waals surface area (Å²) in [7, 11) is 5.54. The Hall–Kier alpha value is -2.19. The number of allylic oxidation sites excluding steroid dienone is 4. The minimum atomic E-state index is -0.872. The number of unbranched alkanes of at least 4 members (excludes halogenated alkanes) is 29. The number of esters is 2. The topological polar surface area (TPSA) is 99.1 Å². The van der Waals surface area contributed by atoms with Crippen LogP contribution in [-0.2, 0) is 28.6 Å². The third-order valence-electron chi connectivity index (χ3n) is 11.9. The molecule has 8 nitrogen and oxygen atoms in total. The number of aliphatic carboxylic acids is 1. The highest BCUT2D eigenvalue weighted by Gasteiger charge is 2.31. The van der Waals surface area contributed by atoms with Gasteiger partial charge in [0.05, 0.1) is 34.4 Å². The van der Waals surface area contributed by atoms with Crippen molar-refractivity contribution in [1.29, 1.82) is 0 Å². The second kappa shape index (κ2) is 44.4. The van der Waals surface area contributed by atoms with Crippen LogP contribution in [0.25, 0.3) is 0 Å². The zero-order chi connectivity index (χ0) is 44.9. The van der Waals surface area contributed by atoms with Gasteiger partial charge in [0.25, 0.3) is 0 Å². The lowest BCUT2D eigenvalue weighted by molar-refractivity contribution is -0.887. The van der Waals surface area contributed by atoms with E-state index < -0.39 is 18.1 Å². The molecule has 0 aliphatic heterocycles. The summed E-state index contributed by atoms with van der Waals surface area (Å²) in [6, 6.07) is -0.612. The van der Waals surface area contributed by atoms with Crippen LogP contribution >= 0.6 is 0 Å². The van der Waals surface area contributed by atoms with E-state index in [0.717, 1.165) is 44.9 Å². The Morgan fingerprint density at radius 3 is 1.26 bits per heavy atom. The van der Waals surface area contributed by atoms with Crippen LogP contribution in [0.2, 0.25) is 0 Å². The molecule has 0 fully saturated rings. The fraction of sp³-hybridized carbons (Fsp3) is 0.868. The third kappa shape index (κ3) is 42.9. The molecule has 2 unspecified atom stereocenters. The number of rotatable bonds is 47. The predicted octanol–water partition coefficient (Wildman–Crippen LogP) is 14.8.